The van der Waals surface area contributed by atoms with Gasteiger partial charge in [-0.2, -0.15) is 18.2 Å². The Morgan fingerprint density at radius 3 is 2.52 bits per heavy atom. The second-order valence-electron chi connectivity index (χ2n) is 5.03. The first-order valence-corrected chi connectivity index (χ1v) is 8.75. The van der Waals surface area contributed by atoms with Crippen LogP contribution in [0.4, 0.5) is 13.2 Å². The van der Waals surface area contributed by atoms with Crippen molar-refractivity contribution in [2.75, 3.05) is 6.26 Å². The summed E-state index contributed by atoms with van der Waals surface area (Å²) in [6.45, 7) is 0.135. The summed E-state index contributed by atoms with van der Waals surface area (Å²) in [6.07, 6.45) is -0.752. The molecule has 1 unspecified atom stereocenters. The summed E-state index contributed by atoms with van der Waals surface area (Å²) in [6, 6.07) is 6.31. The lowest BCUT2D eigenvalue weighted by Gasteiger charge is -2.01. The number of hydrogen-bond donors (Lipinski definition) is 0. The molecule has 1 aromatic carbocycles. The molecule has 0 saturated carbocycles. The maximum Gasteiger partial charge on any atom is 0.471 e. The summed E-state index contributed by atoms with van der Waals surface area (Å²) >= 11 is 0. The molecule has 0 N–H and O–H groups in total. The third kappa shape index (κ3) is 3.87. The molecule has 0 aliphatic carbocycles. The van der Waals surface area contributed by atoms with E-state index in [1.54, 1.807) is 12.1 Å². The highest BCUT2D eigenvalue weighted by Crippen LogP contribution is 2.29. The van der Waals surface area contributed by atoms with E-state index in [2.05, 4.69) is 24.0 Å². The van der Waals surface area contributed by atoms with E-state index in [0.717, 1.165) is 0 Å². The van der Waals surface area contributed by atoms with E-state index in [1.165, 1.54) is 31.0 Å². The lowest BCUT2D eigenvalue weighted by Crippen LogP contribution is -2.04. The standard InChI is InChI=1S/C14H11F3N4O3S/c1-25(22,11-7-18-8-23-11)19-6-9-2-4-10(5-3-9)12-20-13(24-21-12)14(15,16)17/h2-5,7-8H,6H2,1H3. The summed E-state index contributed by atoms with van der Waals surface area (Å²) in [5.41, 5.74) is 1.06. The van der Waals surface area contributed by atoms with Gasteiger partial charge in [-0.05, 0) is 5.56 Å². The van der Waals surface area contributed by atoms with Crippen molar-refractivity contribution in [3.63, 3.8) is 0 Å². The summed E-state index contributed by atoms with van der Waals surface area (Å²) in [4.78, 5) is 7.01. The van der Waals surface area contributed by atoms with E-state index in [9.17, 15) is 17.4 Å². The second-order valence-corrected chi connectivity index (χ2v) is 7.29. The van der Waals surface area contributed by atoms with Crippen molar-refractivity contribution in [3.8, 4) is 11.4 Å². The first kappa shape index (κ1) is 17.1. The predicted octanol–water partition coefficient (Wildman–Crippen LogP) is 3.40. The highest BCUT2D eigenvalue weighted by molar-refractivity contribution is 7.92. The van der Waals surface area contributed by atoms with Crippen molar-refractivity contribution in [1.82, 2.24) is 15.1 Å². The monoisotopic (exact) mass is 372 g/mol. The van der Waals surface area contributed by atoms with Gasteiger partial charge in [0.1, 0.15) is 9.73 Å². The molecular formula is C14H11F3N4O3S. The molecule has 2 aromatic heterocycles. The Morgan fingerprint density at radius 2 is 1.96 bits per heavy atom. The van der Waals surface area contributed by atoms with Crippen LogP contribution in [0.5, 0.6) is 0 Å². The van der Waals surface area contributed by atoms with Gasteiger partial charge in [0, 0.05) is 11.8 Å². The van der Waals surface area contributed by atoms with Gasteiger partial charge in [0.2, 0.25) is 10.9 Å². The van der Waals surface area contributed by atoms with Gasteiger partial charge in [-0.15, -0.1) is 0 Å². The van der Waals surface area contributed by atoms with Crippen LogP contribution in [0.2, 0.25) is 0 Å². The third-order valence-electron chi connectivity index (χ3n) is 3.16. The zero-order valence-electron chi connectivity index (χ0n) is 12.7. The topological polar surface area (TPSA) is 94.4 Å². The number of benzene rings is 1. The Hall–Kier alpha value is -2.69. The minimum absolute atomic E-state index is 0.135. The molecule has 2 heterocycles. The van der Waals surface area contributed by atoms with Crippen LogP contribution in [-0.4, -0.2) is 25.6 Å². The van der Waals surface area contributed by atoms with Gasteiger partial charge in [-0.3, -0.25) is 0 Å². The van der Waals surface area contributed by atoms with Crippen LogP contribution in [0.15, 0.2) is 55.3 Å². The molecule has 0 amide bonds. The number of aromatic nitrogens is 3. The van der Waals surface area contributed by atoms with Crippen LogP contribution in [0.25, 0.3) is 11.4 Å². The van der Waals surface area contributed by atoms with Gasteiger partial charge in [-0.25, -0.2) is 13.6 Å². The zero-order valence-corrected chi connectivity index (χ0v) is 13.5. The molecule has 11 heteroatoms. The van der Waals surface area contributed by atoms with Gasteiger partial charge in [0.15, 0.2) is 6.39 Å². The van der Waals surface area contributed by atoms with Gasteiger partial charge in [-0.1, -0.05) is 29.4 Å². The summed E-state index contributed by atoms with van der Waals surface area (Å²) in [5.74, 6) is -1.57. The smallest absolute Gasteiger partial charge is 0.434 e. The predicted molar refractivity (Wildman–Crippen MR) is 79.7 cm³/mol. The molecule has 0 spiro atoms. The fourth-order valence-corrected chi connectivity index (χ4v) is 2.87. The molecule has 1 atom stereocenters. The molecule has 7 nitrogen and oxygen atoms in total. The van der Waals surface area contributed by atoms with Gasteiger partial charge >= 0.3 is 12.1 Å². The van der Waals surface area contributed by atoms with E-state index >= 15 is 0 Å². The molecule has 3 rings (SSSR count). The Labute approximate surface area is 140 Å². The molecule has 0 fully saturated rings. The number of halogens is 3. The first-order valence-electron chi connectivity index (χ1n) is 6.82. The van der Waals surface area contributed by atoms with Crippen molar-refractivity contribution < 1.29 is 26.3 Å². The summed E-state index contributed by atoms with van der Waals surface area (Å²) in [5, 5.41) is 3.48. The van der Waals surface area contributed by atoms with E-state index in [4.69, 9.17) is 4.42 Å². The summed E-state index contributed by atoms with van der Waals surface area (Å²) < 4.78 is 63.0. The minimum atomic E-state index is -4.69. The molecule has 0 aliphatic heterocycles. The quantitative estimate of drug-likeness (QED) is 0.697. The zero-order chi connectivity index (χ0) is 18.1. The molecular weight excluding hydrogens is 361 g/mol. The molecule has 0 aliphatic rings. The average Bonchev–Trinajstić information content (AvgIpc) is 3.24. The third-order valence-corrected chi connectivity index (χ3v) is 4.73. The van der Waals surface area contributed by atoms with E-state index in [1.807, 2.05) is 0 Å². The van der Waals surface area contributed by atoms with Crippen LogP contribution in [-0.2, 0) is 22.5 Å². The molecule has 0 radical (unpaired) electrons. The van der Waals surface area contributed by atoms with Crippen molar-refractivity contribution in [2.45, 2.75) is 17.8 Å². The van der Waals surface area contributed by atoms with Crippen LogP contribution >= 0.6 is 0 Å². The van der Waals surface area contributed by atoms with Gasteiger partial charge < -0.3 is 8.94 Å². The maximum atomic E-state index is 12.5. The molecule has 132 valence electrons. The number of nitrogens with zero attached hydrogens (tertiary/aromatic N) is 4. The fourth-order valence-electron chi connectivity index (χ4n) is 1.87. The first-order chi connectivity index (χ1) is 11.8. The van der Waals surface area contributed by atoms with E-state index in [0.29, 0.717) is 11.1 Å². The highest BCUT2D eigenvalue weighted by atomic mass is 32.2. The number of rotatable bonds is 4. The van der Waals surface area contributed by atoms with Crippen LogP contribution < -0.4 is 0 Å². The van der Waals surface area contributed by atoms with Gasteiger partial charge in [0.25, 0.3) is 0 Å². The molecule has 25 heavy (non-hydrogen) atoms. The van der Waals surface area contributed by atoms with Crippen molar-refractivity contribution >= 4 is 9.73 Å². The Bertz CT molecular complexity index is 972. The normalized spacial score (nSPS) is 14.2. The lowest BCUT2D eigenvalue weighted by atomic mass is 10.1. The highest BCUT2D eigenvalue weighted by Gasteiger charge is 2.38. The van der Waals surface area contributed by atoms with Crippen LogP contribution in [0, 0.1) is 0 Å². The molecule has 0 saturated heterocycles. The Morgan fingerprint density at radius 1 is 1.24 bits per heavy atom. The molecule has 0 bridgehead atoms. The Kier molecular flexibility index (Phi) is 4.33. The summed E-state index contributed by atoms with van der Waals surface area (Å²) in [7, 11) is -2.71. The minimum Gasteiger partial charge on any atom is -0.434 e. The Balaban J connectivity index is 1.77. The van der Waals surface area contributed by atoms with Crippen LogP contribution in [0.3, 0.4) is 0 Å². The van der Waals surface area contributed by atoms with Crippen LogP contribution in [0.1, 0.15) is 11.5 Å². The average molecular weight is 372 g/mol. The van der Waals surface area contributed by atoms with Crippen molar-refractivity contribution in [3.05, 3.63) is 48.3 Å². The fraction of sp³-hybridized carbons (Fsp3) is 0.214. The van der Waals surface area contributed by atoms with E-state index in [-0.39, 0.29) is 17.5 Å². The largest absolute Gasteiger partial charge is 0.471 e. The number of alkyl halides is 3. The maximum absolute atomic E-state index is 12.5. The number of oxazole rings is 1. The van der Waals surface area contributed by atoms with E-state index < -0.39 is 21.8 Å². The van der Waals surface area contributed by atoms with Crippen molar-refractivity contribution in [1.29, 1.82) is 0 Å². The molecule has 3 aromatic rings. The lowest BCUT2D eigenvalue weighted by molar-refractivity contribution is -0.159. The number of hydrogen-bond acceptors (Lipinski definition) is 7. The second kappa shape index (κ2) is 6.31. The SMILES string of the molecule is CS(=O)(=NCc1ccc(-c2noc(C(F)(F)F)n2)cc1)c1cnco1. The van der Waals surface area contributed by atoms with Gasteiger partial charge in [0.05, 0.1) is 12.7 Å². The van der Waals surface area contributed by atoms with Crippen molar-refractivity contribution in [2.24, 2.45) is 4.36 Å².